The number of hydrogen-bond donors (Lipinski definition) is 1. The summed E-state index contributed by atoms with van der Waals surface area (Å²) >= 11 is 0.845. The molecule has 0 atom stereocenters. The molecule has 2 rings (SSSR count). The largest absolute Gasteiger partial charge is 1.00 e. The molecule has 1 N–H and O–H groups in total. The van der Waals surface area contributed by atoms with Gasteiger partial charge in [-0.15, -0.1) is 0 Å². The van der Waals surface area contributed by atoms with Crippen LogP contribution in [0.2, 0.25) is 0 Å². The number of rotatable bonds is 4. The van der Waals surface area contributed by atoms with Crippen molar-refractivity contribution >= 4 is 28.5 Å². The van der Waals surface area contributed by atoms with E-state index in [2.05, 4.69) is 14.5 Å². The Morgan fingerprint density at radius 2 is 2.00 bits per heavy atom. The average Bonchev–Trinajstić information content (AvgIpc) is 2.37. The minimum absolute atomic E-state index is 0. The minimum Gasteiger partial charge on any atom is -0.691 e. The smallest absolute Gasteiger partial charge is 0.691 e. The molecule has 0 amide bonds. The third kappa shape index (κ3) is 3.12. The van der Waals surface area contributed by atoms with Gasteiger partial charge < -0.3 is 5.26 Å². The molecule has 7 heteroatoms. The Labute approximate surface area is 120 Å². The van der Waals surface area contributed by atoms with Crippen molar-refractivity contribution in [3.8, 4) is 0 Å². The van der Waals surface area contributed by atoms with Gasteiger partial charge in [-0.3, -0.25) is 5.04 Å². The van der Waals surface area contributed by atoms with Crippen LogP contribution in [0.4, 0.5) is 5.69 Å². The van der Waals surface area contributed by atoms with Crippen molar-refractivity contribution in [3.05, 3.63) is 35.9 Å². The van der Waals surface area contributed by atoms with Gasteiger partial charge in [0.15, 0.2) is 0 Å². The van der Waals surface area contributed by atoms with Crippen LogP contribution in [0.25, 0.3) is 10.8 Å². The van der Waals surface area contributed by atoms with Gasteiger partial charge in [-0.1, -0.05) is 12.1 Å². The second-order valence-electron chi connectivity index (χ2n) is 3.44. The summed E-state index contributed by atoms with van der Waals surface area (Å²) in [5, 5.41) is 18.4. The summed E-state index contributed by atoms with van der Waals surface area (Å²) in [6.45, 7) is 1.97. The zero-order valence-corrected chi connectivity index (χ0v) is 10.8. The Hall–Kier alpha value is -0.873. The molecule has 0 radical (unpaired) electrons. The van der Waals surface area contributed by atoms with Crippen molar-refractivity contribution < 1.29 is 33.5 Å². The molecule has 0 heterocycles. The molecule has 0 bridgehead atoms. The predicted molar refractivity (Wildman–Crippen MR) is 61.5 cm³/mol. The molecule has 0 fully saturated rings. The maximum absolute atomic E-state index is 9.75. The molecule has 0 aliphatic carbocycles. The summed E-state index contributed by atoms with van der Waals surface area (Å²) in [4.78, 5) is 0.749. The number of nitrogens with zero attached hydrogens (tertiary/aromatic N) is 1. The van der Waals surface area contributed by atoms with E-state index in [0.717, 1.165) is 33.3 Å². The minimum atomic E-state index is 0. The molecular weight excluding hydrogens is 247 g/mol. The maximum Gasteiger partial charge on any atom is 1.00 e. The second-order valence-corrected chi connectivity index (χ2v) is 4.21. The topological polar surface area (TPSA) is 77.7 Å². The van der Waals surface area contributed by atoms with Crippen LogP contribution < -0.4 is 24.1 Å². The van der Waals surface area contributed by atoms with Gasteiger partial charge in [0, 0.05) is 10.3 Å². The second kappa shape index (κ2) is 6.90. The first-order valence-electron chi connectivity index (χ1n) is 4.80. The first-order chi connectivity index (χ1) is 8.26. The van der Waals surface area contributed by atoms with Crippen LogP contribution in [-0.2, 0) is 9.37 Å². The van der Waals surface area contributed by atoms with Crippen molar-refractivity contribution in [2.75, 3.05) is 0 Å². The first kappa shape index (κ1) is 15.2. The van der Waals surface area contributed by atoms with Crippen LogP contribution in [0.15, 0.2) is 40.3 Å². The molecule has 88 valence electrons. The summed E-state index contributed by atoms with van der Waals surface area (Å²) in [7, 11) is 0. The van der Waals surface area contributed by atoms with Crippen molar-refractivity contribution in [2.45, 2.75) is 11.8 Å². The van der Waals surface area contributed by atoms with Gasteiger partial charge in [0.05, 0.1) is 17.7 Å². The van der Waals surface area contributed by atoms with Crippen molar-refractivity contribution in [2.24, 2.45) is 5.11 Å². The molecule has 0 aliphatic heterocycles. The summed E-state index contributed by atoms with van der Waals surface area (Å²) in [5.74, 6) is 0. The number of hydrogen-bond acceptors (Lipinski definition) is 6. The van der Waals surface area contributed by atoms with E-state index in [9.17, 15) is 5.26 Å². The van der Waals surface area contributed by atoms with Crippen LogP contribution in [0, 0.1) is 12.5 Å². The number of nitrogens with one attached hydrogen (secondary N) is 1. The summed E-state index contributed by atoms with van der Waals surface area (Å²) in [6.07, 6.45) is 0. The van der Waals surface area contributed by atoms with Gasteiger partial charge in [-0.05, 0) is 36.1 Å². The van der Waals surface area contributed by atoms with Crippen molar-refractivity contribution in [1.82, 2.24) is 0 Å². The Bertz CT molecular complexity index is 565. The zero-order valence-electron chi connectivity index (χ0n) is 9.97. The van der Waals surface area contributed by atoms with E-state index in [-0.39, 0.29) is 18.9 Å². The number of fused-ring (bicyclic) bond motifs is 1. The fourth-order valence-electron chi connectivity index (χ4n) is 1.66. The third-order valence-electron chi connectivity index (χ3n) is 2.46. The van der Waals surface area contributed by atoms with Crippen LogP contribution in [-0.4, -0.2) is 0 Å². The summed E-state index contributed by atoms with van der Waals surface area (Å²) in [6, 6.07) is 9.18. The predicted octanol–water partition coefficient (Wildman–Crippen LogP) is 0.0453. The van der Waals surface area contributed by atoms with Gasteiger partial charge in [0.2, 0.25) is 0 Å². The van der Waals surface area contributed by atoms with E-state index in [1.807, 2.05) is 25.1 Å². The first-order valence-corrected chi connectivity index (χ1v) is 5.54. The van der Waals surface area contributed by atoms with Crippen LogP contribution in [0.1, 0.15) is 5.56 Å². The van der Waals surface area contributed by atoms with Gasteiger partial charge in [0.1, 0.15) is 0 Å². The summed E-state index contributed by atoms with van der Waals surface area (Å²) in [5.41, 5.74) is 8.78. The van der Waals surface area contributed by atoms with Crippen molar-refractivity contribution in [1.29, 1.82) is 5.53 Å². The van der Waals surface area contributed by atoms with Crippen LogP contribution in [0.5, 0.6) is 0 Å². The SMILES string of the molecule is Cc1ccc(N=N)c2ccc(SOO[O-])cc12.[Li+]. The third-order valence-corrected chi connectivity index (χ3v) is 3.03. The normalized spacial score (nSPS) is 10.1. The Balaban J connectivity index is 0.00000162. The van der Waals surface area contributed by atoms with Crippen LogP contribution >= 0.6 is 12.0 Å². The molecule has 0 unspecified atom stereocenters. The fraction of sp³-hybridized carbons (Fsp3) is 0.0909. The molecule has 0 saturated heterocycles. The number of aryl methyl sites for hydroxylation is 1. The molecule has 0 aromatic heterocycles. The van der Waals surface area contributed by atoms with E-state index in [1.165, 1.54) is 0 Å². The average molecular weight is 256 g/mol. The Morgan fingerprint density at radius 3 is 2.67 bits per heavy atom. The van der Waals surface area contributed by atoms with Crippen LogP contribution in [0.3, 0.4) is 0 Å². The van der Waals surface area contributed by atoms with E-state index in [0.29, 0.717) is 5.69 Å². The van der Waals surface area contributed by atoms with E-state index >= 15 is 0 Å². The molecule has 0 aliphatic rings. The molecule has 5 nitrogen and oxygen atoms in total. The Kier molecular flexibility index (Phi) is 5.82. The van der Waals surface area contributed by atoms with Crippen molar-refractivity contribution in [3.63, 3.8) is 0 Å². The van der Waals surface area contributed by atoms with Gasteiger partial charge in [-0.2, -0.15) is 9.45 Å². The van der Waals surface area contributed by atoms with E-state index in [4.69, 9.17) is 5.53 Å². The monoisotopic (exact) mass is 256 g/mol. The molecule has 0 spiro atoms. The molecule has 18 heavy (non-hydrogen) atoms. The quantitative estimate of drug-likeness (QED) is 0.275. The fourth-order valence-corrected chi connectivity index (χ4v) is 2.05. The van der Waals surface area contributed by atoms with Gasteiger partial charge >= 0.3 is 18.9 Å². The van der Waals surface area contributed by atoms with E-state index < -0.39 is 0 Å². The number of benzene rings is 2. The standard InChI is InChI=1S/C11H10N2O3S.Li/c1-7-2-5-11(13-12)9-4-3-8(6-10(7)9)17-16-15-14;/h2-6,12,14H,1H3;/q;+1/p-1. The Morgan fingerprint density at radius 1 is 1.22 bits per heavy atom. The molecular formula is C11H9LiN2O3S. The van der Waals surface area contributed by atoms with Gasteiger partial charge in [-0.25, -0.2) is 5.53 Å². The van der Waals surface area contributed by atoms with E-state index in [1.54, 1.807) is 12.1 Å². The molecule has 2 aromatic carbocycles. The van der Waals surface area contributed by atoms with Gasteiger partial charge in [0.25, 0.3) is 0 Å². The molecule has 0 saturated carbocycles. The zero-order chi connectivity index (χ0) is 12.3. The summed E-state index contributed by atoms with van der Waals surface area (Å²) < 4.78 is 4.27. The maximum atomic E-state index is 9.75. The molecule has 2 aromatic rings.